The Kier molecular flexibility index (Phi) is 6.31. The molecule has 0 spiro atoms. The van der Waals surface area contributed by atoms with Crippen molar-refractivity contribution < 1.29 is 5.11 Å². The Bertz CT molecular complexity index is 1300. The molecular weight excluding hydrogens is 418 g/mol. The average Bonchev–Trinajstić information content (AvgIpc) is 2.85. The number of aryl methyl sites for hydroxylation is 1. The summed E-state index contributed by atoms with van der Waals surface area (Å²) in [6.45, 7) is 7.84. The van der Waals surface area contributed by atoms with Crippen LogP contribution in [0.15, 0.2) is 96.6 Å². The van der Waals surface area contributed by atoms with Crippen molar-refractivity contribution >= 4 is 11.0 Å². The summed E-state index contributed by atoms with van der Waals surface area (Å²) in [7, 11) is 0. The Balaban J connectivity index is 1.53. The van der Waals surface area contributed by atoms with Crippen LogP contribution < -0.4 is 5.32 Å². The first-order valence-electron chi connectivity index (χ1n) is 12.2. The number of hydrogen-bond donors (Lipinski definition) is 2. The van der Waals surface area contributed by atoms with Crippen LogP contribution in [0.25, 0.3) is 22.3 Å². The molecule has 5 rings (SSSR count). The number of hydrogen-bond acceptors (Lipinski definition) is 4. The van der Waals surface area contributed by atoms with E-state index < -0.39 is 0 Å². The molecule has 2 aromatic carbocycles. The lowest BCUT2D eigenvalue weighted by atomic mass is 9.81. The Hall–Kier alpha value is -3.66. The number of rotatable bonds is 7. The number of aromatic nitrogens is 2. The molecule has 0 saturated carbocycles. The first-order valence-corrected chi connectivity index (χ1v) is 12.2. The zero-order chi connectivity index (χ0) is 23.5. The standard InChI is InChI=1S/C30H31N3O/c1-20-18-25(24-13-7-9-14-26(24)31-20)23-16-17-27-29(19-23)32-28(15-8-6-10-21(2)34)30(33-27)22-11-4-3-5-12-22/h3-5,7,11-13,16-17,19,25,31,34H,1-2,6,8-10,14-15,18H2. The number of aliphatic hydroxyl groups is 1. The highest BCUT2D eigenvalue weighted by Crippen LogP contribution is 2.39. The summed E-state index contributed by atoms with van der Waals surface area (Å²) in [6, 6.07) is 16.8. The molecule has 0 bridgehead atoms. The van der Waals surface area contributed by atoms with Crippen molar-refractivity contribution in [2.45, 2.75) is 50.9 Å². The van der Waals surface area contributed by atoms with Crippen LogP contribution in [0.1, 0.15) is 55.7 Å². The third-order valence-electron chi connectivity index (χ3n) is 6.70. The van der Waals surface area contributed by atoms with Gasteiger partial charge in [0.1, 0.15) is 0 Å². The molecule has 172 valence electrons. The van der Waals surface area contributed by atoms with Crippen LogP contribution in [0.4, 0.5) is 0 Å². The predicted octanol–water partition coefficient (Wildman–Crippen LogP) is 7.28. The first-order chi connectivity index (χ1) is 16.6. The number of nitrogens with zero attached hydrogens (tertiary/aromatic N) is 2. The maximum Gasteiger partial charge on any atom is 0.0925 e. The fourth-order valence-electron chi connectivity index (χ4n) is 5.01. The minimum absolute atomic E-state index is 0.242. The molecule has 2 aliphatic rings. The molecule has 1 unspecified atom stereocenters. The molecule has 3 aromatic rings. The topological polar surface area (TPSA) is 58.0 Å². The van der Waals surface area contributed by atoms with Gasteiger partial charge < -0.3 is 10.4 Å². The van der Waals surface area contributed by atoms with Gasteiger partial charge in [0.05, 0.1) is 28.2 Å². The number of aliphatic hydroxyl groups excluding tert-OH is 1. The Morgan fingerprint density at radius 3 is 2.74 bits per heavy atom. The van der Waals surface area contributed by atoms with Crippen LogP contribution in [0, 0.1) is 0 Å². The monoisotopic (exact) mass is 449 g/mol. The van der Waals surface area contributed by atoms with Gasteiger partial charge in [0, 0.05) is 29.3 Å². The van der Waals surface area contributed by atoms with Crippen LogP contribution >= 0.6 is 0 Å². The smallest absolute Gasteiger partial charge is 0.0925 e. The number of benzene rings is 2. The average molecular weight is 450 g/mol. The molecule has 1 atom stereocenters. The van der Waals surface area contributed by atoms with Gasteiger partial charge in [0.15, 0.2) is 0 Å². The highest BCUT2D eigenvalue weighted by atomic mass is 16.3. The predicted molar refractivity (Wildman–Crippen MR) is 139 cm³/mol. The Labute approximate surface area is 201 Å². The highest BCUT2D eigenvalue weighted by molar-refractivity contribution is 5.79. The van der Waals surface area contributed by atoms with Gasteiger partial charge in [-0.3, -0.25) is 0 Å². The van der Waals surface area contributed by atoms with Gasteiger partial charge in [-0.25, -0.2) is 9.97 Å². The Morgan fingerprint density at radius 2 is 1.91 bits per heavy atom. The van der Waals surface area contributed by atoms with Crippen LogP contribution in [0.5, 0.6) is 0 Å². The molecule has 0 radical (unpaired) electrons. The minimum Gasteiger partial charge on any atom is -0.513 e. The Morgan fingerprint density at radius 1 is 1.06 bits per heavy atom. The molecule has 0 fully saturated rings. The lowest BCUT2D eigenvalue weighted by molar-refractivity contribution is 0.384. The van der Waals surface area contributed by atoms with E-state index in [-0.39, 0.29) is 5.76 Å². The second-order valence-corrected chi connectivity index (χ2v) is 9.27. The molecular formula is C30H31N3O. The van der Waals surface area contributed by atoms with Gasteiger partial charge in [0.2, 0.25) is 0 Å². The first kappa shape index (κ1) is 22.1. The highest BCUT2D eigenvalue weighted by Gasteiger charge is 2.26. The summed E-state index contributed by atoms with van der Waals surface area (Å²) >= 11 is 0. The van der Waals surface area contributed by atoms with Crippen LogP contribution in [0.2, 0.25) is 0 Å². The largest absolute Gasteiger partial charge is 0.513 e. The maximum atomic E-state index is 9.44. The summed E-state index contributed by atoms with van der Waals surface area (Å²) < 4.78 is 0. The van der Waals surface area contributed by atoms with E-state index in [4.69, 9.17) is 9.97 Å². The molecule has 2 heterocycles. The van der Waals surface area contributed by atoms with Crippen molar-refractivity contribution in [3.8, 4) is 11.3 Å². The minimum atomic E-state index is 0.242. The van der Waals surface area contributed by atoms with Gasteiger partial charge >= 0.3 is 0 Å². The fourth-order valence-corrected chi connectivity index (χ4v) is 5.01. The van der Waals surface area contributed by atoms with E-state index in [0.29, 0.717) is 12.3 Å². The molecule has 34 heavy (non-hydrogen) atoms. The second kappa shape index (κ2) is 9.68. The lowest BCUT2D eigenvalue weighted by Gasteiger charge is -2.32. The van der Waals surface area contributed by atoms with Crippen LogP contribution in [0.3, 0.4) is 0 Å². The molecule has 1 aliphatic carbocycles. The third-order valence-corrected chi connectivity index (χ3v) is 6.70. The molecule has 0 amide bonds. The fraction of sp³-hybridized carbons (Fsp3) is 0.267. The number of allylic oxidation sites excluding steroid dienone is 6. The summed E-state index contributed by atoms with van der Waals surface area (Å²) in [5.74, 6) is 0.533. The van der Waals surface area contributed by atoms with Crippen LogP contribution in [-0.2, 0) is 6.42 Å². The number of fused-ring (bicyclic) bond motifs is 1. The van der Waals surface area contributed by atoms with Crippen molar-refractivity contribution in [1.82, 2.24) is 15.3 Å². The van der Waals surface area contributed by atoms with Gasteiger partial charge in [-0.05, 0) is 61.8 Å². The van der Waals surface area contributed by atoms with Crippen molar-refractivity contribution in [3.05, 3.63) is 108 Å². The van der Waals surface area contributed by atoms with Crippen molar-refractivity contribution in [2.75, 3.05) is 0 Å². The quantitative estimate of drug-likeness (QED) is 0.294. The summed E-state index contributed by atoms with van der Waals surface area (Å²) in [5.41, 5.74) is 9.90. The van der Waals surface area contributed by atoms with E-state index in [2.05, 4.69) is 61.0 Å². The summed E-state index contributed by atoms with van der Waals surface area (Å²) in [6.07, 6.45) is 10.8. The molecule has 1 aromatic heterocycles. The number of nitrogens with one attached hydrogen (secondary N) is 1. The molecule has 0 saturated heterocycles. The molecule has 4 heteroatoms. The summed E-state index contributed by atoms with van der Waals surface area (Å²) in [4.78, 5) is 10.2. The van der Waals surface area contributed by atoms with Crippen molar-refractivity contribution in [3.63, 3.8) is 0 Å². The van der Waals surface area contributed by atoms with E-state index in [1.807, 2.05) is 18.2 Å². The van der Waals surface area contributed by atoms with E-state index >= 15 is 0 Å². The van der Waals surface area contributed by atoms with Gasteiger partial charge in [-0.1, -0.05) is 61.7 Å². The lowest BCUT2D eigenvalue weighted by Crippen LogP contribution is -2.25. The number of unbranched alkanes of at least 4 members (excludes halogenated alkanes) is 1. The summed E-state index contributed by atoms with van der Waals surface area (Å²) in [5, 5.41) is 12.9. The van der Waals surface area contributed by atoms with Crippen molar-refractivity contribution in [1.29, 1.82) is 0 Å². The third kappa shape index (κ3) is 4.67. The molecule has 4 nitrogen and oxygen atoms in total. The zero-order valence-corrected chi connectivity index (χ0v) is 19.6. The molecule has 1 aliphatic heterocycles. The van der Waals surface area contributed by atoms with Gasteiger partial charge in [-0.15, -0.1) is 0 Å². The van der Waals surface area contributed by atoms with E-state index in [0.717, 1.165) is 72.2 Å². The van der Waals surface area contributed by atoms with E-state index in [9.17, 15) is 5.11 Å². The second-order valence-electron chi connectivity index (χ2n) is 9.27. The van der Waals surface area contributed by atoms with Gasteiger partial charge in [0.25, 0.3) is 0 Å². The van der Waals surface area contributed by atoms with Gasteiger partial charge in [-0.2, -0.15) is 0 Å². The van der Waals surface area contributed by atoms with E-state index in [1.54, 1.807) is 0 Å². The SMILES string of the molecule is C=C(O)CCCCc1nc2cc(C3CC(=C)NC4=C3C=CCC4)ccc2nc1-c1ccccc1. The molecule has 2 N–H and O–H groups in total. The van der Waals surface area contributed by atoms with Crippen LogP contribution in [-0.4, -0.2) is 15.1 Å². The maximum absolute atomic E-state index is 9.44. The normalized spacial score (nSPS) is 17.5. The van der Waals surface area contributed by atoms with Crippen molar-refractivity contribution in [2.24, 2.45) is 0 Å². The zero-order valence-electron chi connectivity index (χ0n) is 19.6. The van der Waals surface area contributed by atoms with E-state index in [1.165, 1.54) is 16.8 Å².